The molecule has 0 aliphatic carbocycles. The van der Waals surface area contributed by atoms with E-state index in [1.54, 1.807) is 17.3 Å². The topological polar surface area (TPSA) is 68.7 Å². The van der Waals surface area contributed by atoms with Crippen LogP contribution in [0.25, 0.3) is 0 Å². The number of para-hydroxylation sites is 1. The number of aliphatic hydroxyl groups excluding tert-OH is 1. The molecule has 2 aromatic carbocycles. The summed E-state index contributed by atoms with van der Waals surface area (Å²) in [4.78, 5) is 21.0. The van der Waals surface area contributed by atoms with Crippen LogP contribution in [-0.4, -0.2) is 46.3 Å². The molecule has 2 amide bonds. The maximum absolute atomic E-state index is 14.1. The smallest absolute Gasteiger partial charge is 0.326 e. The Morgan fingerprint density at radius 1 is 1.16 bits per heavy atom. The van der Waals surface area contributed by atoms with Gasteiger partial charge in [-0.25, -0.2) is 13.6 Å². The highest BCUT2D eigenvalue weighted by Gasteiger charge is 2.53. The lowest BCUT2D eigenvalue weighted by molar-refractivity contribution is -0.0484. The number of pyridine rings is 1. The first-order valence-corrected chi connectivity index (χ1v) is 10.4. The normalized spacial score (nSPS) is 22.0. The second-order valence-corrected chi connectivity index (χ2v) is 8.10. The van der Waals surface area contributed by atoms with Gasteiger partial charge in [0.1, 0.15) is 11.6 Å². The predicted octanol–water partition coefficient (Wildman–Crippen LogP) is 3.74. The van der Waals surface area contributed by atoms with Gasteiger partial charge in [-0.15, -0.1) is 0 Å². The van der Waals surface area contributed by atoms with Crippen LogP contribution in [0.3, 0.4) is 0 Å². The number of amides is 2. The van der Waals surface area contributed by atoms with Crippen molar-refractivity contribution in [3.8, 4) is 0 Å². The molecule has 0 saturated carbocycles. The Morgan fingerprint density at radius 3 is 2.78 bits per heavy atom. The number of carbonyl (C=O) groups is 1. The summed E-state index contributed by atoms with van der Waals surface area (Å²) in [5.74, 6) is -1.26. The number of nitrogens with one attached hydrogen (secondary N) is 1. The molecule has 1 aromatic heterocycles. The number of hydrogen-bond acceptors (Lipinski definition) is 4. The average molecular weight is 436 g/mol. The number of nitrogens with zero attached hydrogens (tertiary/aromatic N) is 3. The molecule has 8 heteroatoms. The highest BCUT2D eigenvalue weighted by Crippen LogP contribution is 2.48. The van der Waals surface area contributed by atoms with Crippen LogP contribution >= 0.6 is 0 Å². The van der Waals surface area contributed by atoms with Crippen molar-refractivity contribution >= 4 is 17.4 Å². The summed E-state index contributed by atoms with van der Waals surface area (Å²) < 4.78 is 27.7. The summed E-state index contributed by atoms with van der Waals surface area (Å²) in [6, 6.07) is 13.7. The lowest BCUT2D eigenvalue weighted by Gasteiger charge is -2.59. The van der Waals surface area contributed by atoms with Crippen molar-refractivity contribution < 1.29 is 18.7 Å². The van der Waals surface area contributed by atoms with Gasteiger partial charge in [0.2, 0.25) is 0 Å². The van der Waals surface area contributed by atoms with Crippen LogP contribution in [0, 0.1) is 11.6 Å². The number of urea groups is 1. The highest BCUT2D eigenvalue weighted by atomic mass is 19.1. The Balaban J connectivity index is 1.45. The van der Waals surface area contributed by atoms with Crippen LogP contribution in [0.1, 0.15) is 17.0 Å². The van der Waals surface area contributed by atoms with Crippen molar-refractivity contribution in [2.24, 2.45) is 0 Å². The van der Waals surface area contributed by atoms with Crippen molar-refractivity contribution in [2.75, 3.05) is 23.4 Å². The van der Waals surface area contributed by atoms with E-state index < -0.39 is 17.7 Å². The van der Waals surface area contributed by atoms with Gasteiger partial charge in [0, 0.05) is 55.2 Å². The van der Waals surface area contributed by atoms with Gasteiger partial charge in [0.15, 0.2) is 0 Å². The fourth-order valence-corrected chi connectivity index (χ4v) is 4.87. The molecule has 0 spiro atoms. The van der Waals surface area contributed by atoms with Gasteiger partial charge in [-0.1, -0.05) is 24.3 Å². The molecule has 6 nitrogen and oxygen atoms in total. The number of aliphatic hydroxyl groups is 1. The quantitative estimate of drug-likeness (QED) is 0.654. The summed E-state index contributed by atoms with van der Waals surface area (Å²) >= 11 is 0. The van der Waals surface area contributed by atoms with E-state index in [4.69, 9.17) is 0 Å². The van der Waals surface area contributed by atoms with Crippen LogP contribution in [0.4, 0.5) is 25.0 Å². The number of aromatic nitrogens is 1. The second-order valence-electron chi connectivity index (χ2n) is 8.10. The van der Waals surface area contributed by atoms with Crippen molar-refractivity contribution in [1.82, 2.24) is 9.88 Å². The molecule has 0 bridgehead atoms. The molecule has 2 aliphatic rings. The number of benzene rings is 2. The number of hydrogen-bond donors (Lipinski definition) is 2. The van der Waals surface area contributed by atoms with E-state index in [2.05, 4.69) is 15.2 Å². The molecule has 2 aliphatic heterocycles. The summed E-state index contributed by atoms with van der Waals surface area (Å²) in [7, 11) is 0. The molecule has 3 heterocycles. The minimum absolute atomic E-state index is 0.00351. The molecular formula is C24H22F2N4O2. The van der Waals surface area contributed by atoms with Crippen LogP contribution in [0.2, 0.25) is 0 Å². The largest absolute Gasteiger partial charge is 0.395 e. The number of anilines is 2. The maximum Gasteiger partial charge on any atom is 0.326 e. The van der Waals surface area contributed by atoms with Crippen molar-refractivity contribution in [3.63, 3.8) is 0 Å². The number of rotatable bonds is 4. The maximum atomic E-state index is 14.1. The third-order valence-electron chi connectivity index (χ3n) is 6.33. The predicted molar refractivity (Wildman–Crippen MR) is 116 cm³/mol. The zero-order chi connectivity index (χ0) is 22.2. The molecule has 164 valence electrons. The van der Waals surface area contributed by atoms with Gasteiger partial charge >= 0.3 is 6.03 Å². The molecular weight excluding hydrogens is 414 g/mol. The van der Waals surface area contributed by atoms with Crippen LogP contribution < -0.4 is 10.2 Å². The Morgan fingerprint density at radius 2 is 2.00 bits per heavy atom. The third kappa shape index (κ3) is 3.51. The first kappa shape index (κ1) is 20.5. The van der Waals surface area contributed by atoms with Gasteiger partial charge < -0.3 is 10.4 Å². The molecule has 0 radical (unpaired) electrons. The zero-order valence-electron chi connectivity index (χ0n) is 17.2. The van der Waals surface area contributed by atoms with Crippen LogP contribution in [0.5, 0.6) is 0 Å². The minimum Gasteiger partial charge on any atom is -0.395 e. The summed E-state index contributed by atoms with van der Waals surface area (Å²) in [5, 5.41) is 12.6. The van der Waals surface area contributed by atoms with E-state index in [1.807, 2.05) is 36.4 Å². The Labute approximate surface area is 184 Å². The van der Waals surface area contributed by atoms with Crippen molar-refractivity contribution in [1.29, 1.82) is 0 Å². The number of halogens is 2. The van der Waals surface area contributed by atoms with Gasteiger partial charge in [-0.2, -0.15) is 0 Å². The van der Waals surface area contributed by atoms with Crippen LogP contribution in [-0.2, 0) is 6.54 Å². The van der Waals surface area contributed by atoms with Gasteiger partial charge in [0.25, 0.3) is 0 Å². The Hall–Kier alpha value is -3.36. The molecule has 5 rings (SSSR count). The number of likely N-dealkylation sites (tertiary alicyclic amines) is 1. The van der Waals surface area contributed by atoms with E-state index in [-0.39, 0.29) is 30.3 Å². The van der Waals surface area contributed by atoms with Gasteiger partial charge in [-0.3, -0.25) is 14.8 Å². The Kier molecular flexibility index (Phi) is 5.32. The lowest BCUT2D eigenvalue weighted by Crippen LogP contribution is -2.69. The van der Waals surface area contributed by atoms with Crippen LogP contribution in [0.15, 0.2) is 67.0 Å². The molecule has 32 heavy (non-hydrogen) atoms. The zero-order valence-corrected chi connectivity index (χ0v) is 17.2. The van der Waals surface area contributed by atoms with Crippen molar-refractivity contribution in [2.45, 2.75) is 24.5 Å². The molecule has 3 atom stereocenters. The molecule has 3 aromatic rings. The fourth-order valence-electron chi connectivity index (χ4n) is 4.87. The van der Waals surface area contributed by atoms with E-state index in [0.29, 0.717) is 18.8 Å². The first-order chi connectivity index (χ1) is 15.6. The van der Waals surface area contributed by atoms with Gasteiger partial charge in [0.05, 0.1) is 12.3 Å². The summed E-state index contributed by atoms with van der Waals surface area (Å²) in [6.45, 7) is 0.952. The van der Waals surface area contributed by atoms with E-state index in [9.17, 15) is 18.7 Å². The standard InChI is InChI=1S/C24H22F2N4O2/c25-16-7-8-18(26)19(10-16)28-24(32)30-13-21-23(17-5-1-2-6-20(17)30)22(14-31)29(21)12-15-4-3-9-27-11-15/h1-11,21-23,31H,12-14H2,(H,28,32)/t21-,22+,23+/m1/s1. The number of fused-ring (bicyclic) bond motifs is 3. The van der Waals surface area contributed by atoms with E-state index >= 15 is 0 Å². The number of carbonyl (C=O) groups excluding carboxylic acids is 1. The molecule has 1 saturated heterocycles. The highest BCUT2D eigenvalue weighted by molar-refractivity contribution is 6.03. The Bertz CT molecular complexity index is 1140. The fraction of sp³-hybridized carbons (Fsp3) is 0.250. The SMILES string of the molecule is O=C(Nc1cc(F)ccc1F)N1C[C@@H]2[C@H](c3ccccc31)[C@H](CO)N2Cc1cccnc1. The monoisotopic (exact) mass is 436 g/mol. The summed E-state index contributed by atoms with van der Waals surface area (Å²) in [6.07, 6.45) is 3.50. The van der Waals surface area contributed by atoms with Gasteiger partial charge in [-0.05, 0) is 35.4 Å². The van der Waals surface area contributed by atoms with E-state index in [1.165, 1.54) is 0 Å². The molecule has 0 unspecified atom stereocenters. The van der Waals surface area contributed by atoms with E-state index in [0.717, 1.165) is 29.3 Å². The summed E-state index contributed by atoms with van der Waals surface area (Å²) in [5.41, 5.74) is 2.48. The molecule has 1 fully saturated rings. The third-order valence-corrected chi connectivity index (χ3v) is 6.33. The molecule has 2 N–H and O–H groups in total. The first-order valence-electron chi connectivity index (χ1n) is 10.4. The average Bonchev–Trinajstić information content (AvgIpc) is 2.80. The minimum atomic E-state index is -0.704. The second kappa shape index (κ2) is 8.29. The van der Waals surface area contributed by atoms with Crippen molar-refractivity contribution in [3.05, 3.63) is 89.8 Å². The lowest BCUT2D eigenvalue weighted by atomic mass is 9.72.